The Balaban J connectivity index is 1.44. The first-order valence-corrected chi connectivity index (χ1v) is 15.8. The lowest BCUT2D eigenvalue weighted by Gasteiger charge is -2.21. The molecule has 2 aromatic heterocycles. The third-order valence-electron chi connectivity index (χ3n) is 9.69. The van der Waals surface area contributed by atoms with E-state index >= 15 is 0 Å². The molecule has 0 spiro atoms. The molecule has 6 aromatic carbocycles. The molecule has 0 fully saturated rings. The minimum atomic E-state index is 0.814. The minimum absolute atomic E-state index is 0.814. The summed E-state index contributed by atoms with van der Waals surface area (Å²) in [7, 11) is 0. The van der Waals surface area contributed by atoms with E-state index in [0.717, 1.165) is 56.7 Å². The van der Waals surface area contributed by atoms with Crippen molar-refractivity contribution < 1.29 is 0 Å². The SMILES string of the molecule is Cc1cc2c(c(-c3ccc4c([nH]c5ccccc54)c3-c3nnnc(-c4ccccc4)c3-c3ccccc3)c1C)Cc1ccccc1-2. The van der Waals surface area contributed by atoms with E-state index in [1.807, 2.05) is 24.3 Å². The van der Waals surface area contributed by atoms with Crippen LogP contribution in [-0.2, 0) is 6.42 Å². The number of benzene rings is 6. The Hall–Kier alpha value is -5.87. The van der Waals surface area contributed by atoms with Crippen molar-refractivity contribution in [2.45, 2.75) is 20.3 Å². The van der Waals surface area contributed by atoms with Crippen LogP contribution in [0.25, 0.3) is 77.7 Å². The Kier molecular flexibility index (Phi) is 5.97. The average molecular weight is 591 g/mol. The van der Waals surface area contributed by atoms with Gasteiger partial charge in [0.05, 0.1) is 5.52 Å². The molecule has 0 saturated carbocycles. The summed E-state index contributed by atoms with van der Waals surface area (Å²) in [6.07, 6.45) is 0.898. The highest BCUT2D eigenvalue weighted by Crippen LogP contribution is 2.50. The highest BCUT2D eigenvalue weighted by molar-refractivity contribution is 6.16. The molecule has 0 radical (unpaired) electrons. The van der Waals surface area contributed by atoms with Crippen LogP contribution in [0.1, 0.15) is 22.3 Å². The van der Waals surface area contributed by atoms with Crippen LogP contribution in [0.3, 0.4) is 0 Å². The fourth-order valence-electron chi connectivity index (χ4n) is 7.43. The number of nitrogens with one attached hydrogen (secondary N) is 1. The zero-order valence-corrected chi connectivity index (χ0v) is 25.7. The van der Waals surface area contributed by atoms with E-state index in [1.54, 1.807) is 0 Å². The maximum Gasteiger partial charge on any atom is 0.108 e. The molecule has 0 unspecified atom stereocenters. The summed E-state index contributed by atoms with van der Waals surface area (Å²) >= 11 is 0. The number of hydrogen-bond acceptors (Lipinski definition) is 3. The van der Waals surface area contributed by atoms with E-state index in [-0.39, 0.29) is 0 Å². The molecule has 0 saturated heterocycles. The van der Waals surface area contributed by atoms with Gasteiger partial charge in [0.1, 0.15) is 11.4 Å². The highest BCUT2D eigenvalue weighted by atomic mass is 15.3. The molecule has 1 aliphatic rings. The van der Waals surface area contributed by atoms with Gasteiger partial charge in [0.15, 0.2) is 0 Å². The minimum Gasteiger partial charge on any atom is -0.354 e. The maximum absolute atomic E-state index is 4.92. The molecule has 218 valence electrons. The molecule has 9 rings (SSSR count). The molecule has 2 heterocycles. The Morgan fingerprint density at radius 1 is 0.543 bits per heavy atom. The number of H-pyrrole nitrogens is 1. The zero-order valence-electron chi connectivity index (χ0n) is 25.7. The van der Waals surface area contributed by atoms with Gasteiger partial charge < -0.3 is 4.98 Å². The largest absolute Gasteiger partial charge is 0.354 e. The van der Waals surface area contributed by atoms with Crippen molar-refractivity contribution >= 4 is 21.8 Å². The smallest absolute Gasteiger partial charge is 0.108 e. The Labute approximate surface area is 267 Å². The van der Waals surface area contributed by atoms with Gasteiger partial charge in [-0.1, -0.05) is 121 Å². The van der Waals surface area contributed by atoms with Gasteiger partial charge in [0, 0.05) is 33.0 Å². The second kappa shape index (κ2) is 10.4. The fraction of sp³-hybridized carbons (Fsp3) is 0.0714. The number of hydrogen-bond donors (Lipinski definition) is 1. The van der Waals surface area contributed by atoms with E-state index in [0.29, 0.717) is 0 Å². The van der Waals surface area contributed by atoms with E-state index in [2.05, 4.69) is 132 Å². The van der Waals surface area contributed by atoms with Gasteiger partial charge in [-0.3, -0.25) is 0 Å². The van der Waals surface area contributed by atoms with Crippen LogP contribution in [0.4, 0.5) is 0 Å². The lowest BCUT2D eigenvalue weighted by molar-refractivity contribution is 0.879. The van der Waals surface area contributed by atoms with Gasteiger partial charge in [0.2, 0.25) is 0 Å². The van der Waals surface area contributed by atoms with Crippen molar-refractivity contribution in [1.82, 2.24) is 20.4 Å². The molecule has 46 heavy (non-hydrogen) atoms. The molecule has 0 amide bonds. The molecule has 0 aliphatic heterocycles. The van der Waals surface area contributed by atoms with Crippen LogP contribution in [0, 0.1) is 13.8 Å². The number of aromatic nitrogens is 4. The van der Waals surface area contributed by atoms with E-state index in [9.17, 15) is 0 Å². The molecule has 4 heteroatoms. The summed E-state index contributed by atoms with van der Waals surface area (Å²) in [5, 5.41) is 16.4. The summed E-state index contributed by atoms with van der Waals surface area (Å²) < 4.78 is 0. The van der Waals surface area contributed by atoms with Crippen LogP contribution >= 0.6 is 0 Å². The van der Waals surface area contributed by atoms with Gasteiger partial charge in [-0.05, 0) is 81.6 Å². The Morgan fingerprint density at radius 2 is 1.24 bits per heavy atom. The van der Waals surface area contributed by atoms with E-state index in [4.69, 9.17) is 5.10 Å². The topological polar surface area (TPSA) is 54.5 Å². The highest BCUT2D eigenvalue weighted by Gasteiger charge is 2.29. The predicted octanol–water partition coefficient (Wildman–Crippen LogP) is 10.4. The molecule has 1 N–H and O–H groups in total. The van der Waals surface area contributed by atoms with Crippen molar-refractivity contribution in [3.63, 3.8) is 0 Å². The summed E-state index contributed by atoms with van der Waals surface area (Å²) in [6.45, 7) is 4.50. The zero-order chi connectivity index (χ0) is 30.8. The molecular weight excluding hydrogens is 560 g/mol. The van der Waals surface area contributed by atoms with Gasteiger partial charge in [-0.15, -0.1) is 10.2 Å². The molecule has 0 bridgehead atoms. The number of aromatic amines is 1. The first-order chi connectivity index (χ1) is 22.7. The van der Waals surface area contributed by atoms with E-state index < -0.39 is 0 Å². The summed E-state index contributed by atoms with van der Waals surface area (Å²) in [6, 6.07) is 45.1. The van der Waals surface area contributed by atoms with Crippen LogP contribution in [-0.4, -0.2) is 20.4 Å². The van der Waals surface area contributed by atoms with Crippen molar-refractivity contribution in [2.75, 3.05) is 0 Å². The number of para-hydroxylation sites is 1. The standard InChI is InChI=1S/C42H30N4/c1-25-23-34-30-18-10-9-17-29(30)24-35(34)37(26(25)2)33-22-21-32-31-19-11-12-20-36(31)43-41(32)39(33)42-38(27-13-5-3-6-14-27)40(44-46-45-42)28-15-7-4-8-16-28/h3-23,43H,24H2,1-2H3. The molecule has 1 aliphatic carbocycles. The first-order valence-electron chi connectivity index (χ1n) is 15.8. The third-order valence-corrected chi connectivity index (χ3v) is 9.69. The normalized spacial score (nSPS) is 12.0. The second-order valence-electron chi connectivity index (χ2n) is 12.2. The van der Waals surface area contributed by atoms with Crippen molar-refractivity contribution in [1.29, 1.82) is 0 Å². The van der Waals surface area contributed by atoms with Gasteiger partial charge in [-0.2, -0.15) is 0 Å². The summed E-state index contributed by atoms with van der Waals surface area (Å²) in [5.41, 5.74) is 18.3. The predicted molar refractivity (Wildman–Crippen MR) is 189 cm³/mol. The maximum atomic E-state index is 4.92. The van der Waals surface area contributed by atoms with Gasteiger partial charge >= 0.3 is 0 Å². The van der Waals surface area contributed by atoms with Crippen LogP contribution in [0.15, 0.2) is 127 Å². The molecular formula is C42H30N4. The van der Waals surface area contributed by atoms with Crippen LogP contribution in [0.2, 0.25) is 0 Å². The first kappa shape index (κ1) is 26.5. The molecule has 4 nitrogen and oxygen atoms in total. The monoisotopic (exact) mass is 590 g/mol. The van der Waals surface area contributed by atoms with Crippen molar-refractivity contribution in [3.8, 4) is 55.9 Å². The Bertz CT molecular complexity index is 2460. The van der Waals surface area contributed by atoms with Crippen LogP contribution in [0.5, 0.6) is 0 Å². The summed E-state index contributed by atoms with van der Waals surface area (Å²) in [5.74, 6) is 0. The molecule has 8 aromatic rings. The van der Waals surface area contributed by atoms with Crippen molar-refractivity contribution in [3.05, 3.63) is 150 Å². The lowest BCUT2D eigenvalue weighted by atomic mass is 9.84. The Morgan fingerprint density at radius 3 is 2.07 bits per heavy atom. The number of rotatable bonds is 4. The molecule has 0 atom stereocenters. The quantitative estimate of drug-likeness (QED) is 0.222. The lowest BCUT2D eigenvalue weighted by Crippen LogP contribution is -2.03. The van der Waals surface area contributed by atoms with E-state index in [1.165, 1.54) is 49.7 Å². The third kappa shape index (κ3) is 3.97. The number of aryl methyl sites for hydroxylation is 1. The van der Waals surface area contributed by atoms with Crippen molar-refractivity contribution in [2.24, 2.45) is 0 Å². The fourth-order valence-corrected chi connectivity index (χ4v) is 7.43. The average Bonchev–Trinajstić information content (AvgIpc) is 3.67. The number of nitrogens with zero attached hydrogens (tertiary/aromatic N) is 3. The van der Waals surface area contributed by atoms with Gasteiger partial charge in [-0.25, -0.2) is 0 Å². The van der Waals surface area contributed by atoms with Crippen LogP contribution < -0.4 is 0 Å². The second-order valence-corrected chi connectivity index (χ2v) is 12.2. The summed E-state index contributed by atoms with van der Waals surface area (Å²) in [4.78, 5) is 3.82. The van der Waals surface area contributed by atoms with Gasteiger partial charge in [0.25, 0.3) is 0 Å². The number of fused-ring (bicyclic) bond motifs is 6.